The summed E-state index contributed by atoms with van der Waals surface area (Å²) in [5, 5.41) is 0. The third-order valence-corrected chi connectivity index (χ3v) is 6.69. The maximum atomic E-state index is 12.7. The van der Waals surface area contributed by atoms with Gasteiger partial charge >= 0.3 is 0 Å². The molecule has 4 rings (SSSR count). The van der Waals surface area contributed by atoms with Gasteiger partial charge in [-0.05, 0) is 61.1 Å². The molecule has 2 atom stereocenters. The van der Waals surface area contributed by atoms with Crippen molar-refractivity contribution in [1.29, 1.82) is 0 Å². The smallest absolute Gasteiger partial charge is 0.246 e. The van der Waals surface area contributed by atoms with E-state index >= 15 is 0 Å². The second-order valence-electron chi connectivity index (χ2n) is 8.60. The predicted molar refractivity (Wildman–Crippen MR) is 111 cm³/mol. The number of rotatable bonds is 4. The van der Waals surface area contributed by atoms with Crippen LogP contribution in [0.15, 0.2) is 30.6 Å². The number of hydrogen-bond donors (Lipinski definition) is 0. The Hall–Kier alpha value is -2.21. The van der Waals surface area contributed by atoms with Crippen LogP contribution in [-0.4, -0.2) is 66.0 Å². The monoisotopic (exact) mass is 397 g/mol. The molecule has 6 nitrogen and oxygen atoms in total. The van der Waals surface area contributed by atoms with Gasteiger partial charge in [0.1, 0.15) is 0 Å². The summed E-state index contributed by atoms with van der Waals surface area (Å²) in [6.45, 7) is 4.86. The maximum absolute atomic E-state index is 12.7. The average Bonchev–Trinajstić information content (AvgIpc) is 3.06. The van der Waals surface area contributed by atoms with E-state index in [-0.39, 0.29) is 5.91 Å². The first-order chi connectivity index (χ1) is 14.2. The van der Waals surface area contributed by atoms with Crippen molar-refractivity contribution in [3.8, 4) is 0 Å². The van der Waals surface area contributed by atoms with Crippen molar-refractivity contribution in [2.45, 2.75) is 32.1 Å². The molecule has 0 aliphatic carbocycles. The van der Waals surface area contributed by atoms with Crippen molar-refractivity contribution in [3.05, 3.63) is 36.2 Å². The van der Waals surface area contributed by atoms with Crippen molar-refractivity contribution in [3.63, 3.8) is 0 Å². The molecule has 0 saturated carbocycles. The molecule has 1 aromatic rings. The lowest BCUT2D eigenvalue weighted by Gasteiger charge is -2.26. The van der Waals surface area contributed by atoms with Crippen LogP contribution in [0.1, 0.15) is 37.7 Å². The lowest BCUT2D eigenvalue weighted by atomic mass is 9.92. The number of carbonyl (C=O) groups is 2. The van der Waals surface area contributed by atoms with Crippen LogP contribution in [0.3, 0.4) is 0 Å². The minimum atomic E-state index is 0.0781. The first-order valence-electron chi connectivity index (χ1n) is 10.9. The number of fused-ring (bicyclic) bond motifs is 1. The van der Waals surface area contributed by atoms with Crippen LogP contribution in [0.4, 0.5) is 0 Å². The van der Waals surface area contributed by atoms with Gasteiger partial charge in [0.25, 0.3) is 0 Å². The SMILES string of the molecule is O=C(/C=C/c1cccnc1)N1C[C@@H]2CCN(C(=O)CC3CCOCC3)CC[C@H]2C1. The molecule has 0 unspecified atom stereocenters. The lowest BCUT2D eigenvalue weighted by molar-refractivity contribution is -0.133. The standard InChI is InChI=1S/C23H31N3O3/c27-22(4-3-19-2-1-9-24-15-19)26-16-20-5-10-25(11-6-21(20)17-26)23(28)14-18-7-12-29-13-8-18/h1-4,9,15,18,20-21H,5-8,10-14,16-17H2/b4-3+/t20-,21-/m0/s1. The lowest BCUT2D eigenvalue weighted by Crippen LogP contribution is -2.35. The number of amides is 2. The summed E-state index contributed by atoms with van der Waals surface area (Å²) in [5.74, 6) is 1.88. The molecule has 2 amide bonds. The highest BCUT2D eigenvalue weighted by Crippen LogP contribution is 2.32. The van der Waals surface area contributed by atoms with Gasteiger partial charge in [0.05, 0.1) is 0 Å². The number of carbonyl (C=O) groups excluding carboxylic acids is 2. The first kappa shape index (κ1) is 20.1. The summed E-state index contributed by atoms with van der Waals surface area (Å²) >= 11 is 0. The van der Waals surface area contributed by atoms with Gasteiger partial charge in [0.15, 0.2) is 0 Å². The third kappa shape index (κ3) is 5.24. The fraction of sp³-hybridized carbons (Fsp3) is 0.609. The van der Waals surface area contributed by atoms with Gasteiger partial charge in [0, 0.05) is 64.3 Å². The molecule has 0 aromatic carbocycles. The topological polar surface area (TPSA) is 62.7 Å². The third-order valence-electron chi connectivity index (χ3n) is 6.69. The molecule has 0 N–H and O–H groups in total. The fourth-order valence-corrected chi connectivity index (χ4v) is 4.85. The van der Waals surface area contributed by atoms with Crippen LogP contribution >= 0.6 is 0 Å². The van der Waals surface area contributed by atoms with E-state index in [0.717, 1.165) is 70.6 Å². The van der Waals surface area contributed by atoms with E-state index in [2.05, 4.69) is 9.88 Å². The largest absolute Gasteiger partial charge is 0.381 e. The molecule has 0 spiro atoms. The maximum Gasteiger partial charge on any atom is 0.246 e. The van der Waals surface area contributed by atoms with Gasteiger partial charge in [-0.25, -0.2) is 0 Å². The van der Waals surface area contributed by atoms with Crippen molar-refractivity contribution in [2.75, 3.05) is 39.4 Å². The number of pyridine rings is 1. The first-order valence-corrected chi connectivity index (χ1v) is 10.9. The number of likely N-dealkylation sites (tertiary alicyclic amines) is 2. The quantitative estimate of drug-likeness (QED) is 0.733. The van der Waals surface area contributed by atoms with E-state index < -0.39 is 0 Å². The summed E-state index contributed by atoms with van der Waals surface area (Å²) in [5.41, 5.74) is 0.938. The summed E-state index contributed by atoms with van der Waals surface area (Å²) in [6, 6.07) is 3.81. The molecule has 6 heteroatoms. The van der Waals surface area contributed by atoms with E-state index in [4.69, 9.17) is 4.74 Å². The number of aromatic nitrogens is 1. The summed E-state index contributed by atoms with van der Waals surface area (Å²) in [7, 11) is 0. The van der Waals surface area contributed by atoms with Crippen molar-refractivity contribution >= 4 is 17.9 Å². The molecule has 156 valence electrons. The Morgan fingerprint density at radius 1 is 1.07 bits per heavy atom. The molecular weight excluding hydrogens is 366 g/mol. The van der Waals surface area contributed by atoms with Gasteiger partial charge in [-0.3, -0.25) is 14.6 Å². The Morgan fingerprint density at radius 2 is 1.79 bits per heavy atom. The Morgan fingerprint density at radius 3 is 2.45 bits per heavy atom. The zero-order valence-corrected chi connectivity index (χ0v) is 17.0. The highest BCUT2D eigenvalue weighted by molar-refractivity contribution is 5.91. The van der Waals surface area contributed by atoms with Crippen LogP contribution in [0.2, 0.25) is 0 Å². The van der Waals surface area contributed by atoms with E-state index in [1.807, 2.05) is 23.1 Å². The number of hydrogen-bond acceptors (Lipinski definition) is 4. The van der Waals surface area contributed by atoms with Crippen LogP contribution in [0.25, 0.3) is 6.08 Å². The Kier molecular flexibility index (Phi) is 6.60. The van der Waals surface area contributed by atoms with E-state index in [0.29, 0.717) is 30.1 Å². The van der Waals surface area contributed by atoms with Crippen LogP contribution in [0, 0.1) is 17.8 Å². The predicted octanol–water partition coefficient (Wildman–Crippen LogP) is 2.61. The molecule has 1 aromatic heterocycles. The van der Waals surface area contributed by atoms with E-state index in [1.165, 1.54) is 0 Å². The minimum absolute atomic E-state index is 0.0781. The summed E-state index contributed by atoms with van der Waals surface area (Å²) < 4.78 is 5.40. The number of ether oxygens (including phenoxy) is 1. The molecule has 0 radical (unpaired) electrons. The average molecular weight is 398 g/mol. The van der Waals surface area contributed by atoms with Crippen LogP contribution in [0.5, 0.6) is 0 Å². The van der Waals surface area contributed by atoms with Gasteiger partial charge in [-0.1, -0.05) is 6.07 Å². The molecule has 4 heterocycles. The van der Waals surface area contributed by atoms with Crippen LogP contribution < -0.4 is 0 Å². The molecule has 3 saturated heterocycles. The molecule has 3 aliphatic rings. The molecule has 3 fully saturated rings. The normalized spacial score (nSPS) is 25.8. The van der Waals surface area contributed by atoms with Crippen molar-refractivity contribution < 1.29 is 14.3 Å². The number of nitrogens with zero attached hydrogens (tertiary/aromatic N) is 3. The second kappa shape index (κ2) is 9.53. The Balaban J connectivity index is 1.26. The fourth-order valence-electron chi connectivity index (χ4n) is 4.85. The van der Waals surface area contributed by atoms with E-state index in [9.17, 15) is 9.59 Å². The zero-order valence-electron chi connectivity index (χ0n) is 17.0. The minimum Gasteiger partial charge on any atom is -0.381 e. The molecule has 3 aliphatic heterocycles. The molecular formula is C23H31N3O3. The summed E-state index contributed by atoms with van der Waals surface area (Å²) in [4.78, 5) is 33.4. The molecule has 29 heavy (non-hydrogen) atoms. The summed E-state index contributed by atoms with van der Waals surface area (Å²) in [6.07, 6.45) is 11.7. The van der Waals surface area contributed by atoms with Gasteiger partial charge in [-0.2, -0.15) is 0 Å². The van der Waals surface area contributed by atoms with Crippen molar-refractivity contribution in [2.24, 2.45) is 17.8 Å². The van der Waals surface area contributed by atoms with Gasteiger partial charge < -0.3 is 14.5 Å². The highest BCUT2D eigenvalue weighted by atomic mass is 16.5. The molecule has 0 bridgehead atoms. The van der Waals surface area contributed by atoms with Gasteiger partial charge in [-0.15, -0.1) is 0 Å². The van der Waals surface area contributed by atoms with Gasteiger partial charge in [0.2, 0.25) is 11.8 Å². The highest BCUT2D eigenvalue weighted by Gasteiger charge is 2.37. The van der Waals surface area contributed by atoms with E-state index in [1.54, 1.807) is 18.5 Å². The Bertz CT molecular complexity index is 714. The Labute approximate surface area is 172 Å². The van der Waals surface area contributed by atoms with Crippen LogP contribution in [-0.2, 0) is 14.3 Å². The second-order valence-corrected chi connectivity index (χ2v) is 8.60. The van der Waals surface area contributed by atoms with Crippen molar-refractivity contribution in [1.82, 2.24) is 14.8 Å². The zero-order chi connectivity index (χ0) is 20.1.